The molecule has 1 aliphatic rings. The van der Waals surface area contributed by atoms with E-state index in [-0.39, 0.29) is 17.6 Å². The standard InChI is InChI=1S/C14H16N4O4/c19-13-7-10(15-9-16-13)1-2-11-8-18(4-6-21-11)14(20)12-3-5-22-17-12/h3,5,7,9,11H,1-2,4,6,8H2,(H,15,16,19)/t11-/m0/s1. The minimum atomic E-state index is -0.169. The zero-order valence-electron chi connectivity index (χ0n) is 11.9. The van der Waals surface area contributed by atoms with Gasteiger partial charge in [-0.1, -0.05) is 5.16 Å². The summed E-state index contributed by atoms with van der Waals surface area (Å²) in [4.78, 5) is 31.7. The molecule has 1 atom stereocenters. The highest BCUT2D eigenvalue weighted by atomic mass is 16.5. The van der Waals surface area contributed by atoms with Crippen molar-refractivity contribution in [1.82, 2.24) is 20.0 Å². The number of carbonyl (C=O) groups excluding carboxylic acids is 1. The normalized spacial score (nSPS) is 18.4. The Kier molecular flexibility index (Phi) is 4.29. The molecule has 116 valence electrons. The van der Waals surface area contributed by atoms with Crippen LogP contribution < -0.4 is 5.56 Å². The molecule has 0 radical (unpaired) electrons. The molecule has 0 bridgehead atoms. The second-order valence-corrected chi connectivity index (χ2v) is 5.07. The van der Waals surface area contributed by atoms with Crippen molar-refractivity contribution in [3.05, 3.63) is 46.5 Å². The zero-order chi connectivity index (χ0) is 15.4. The van der Waals surface area contributed by atoms with E-state index in [1.165, 1.54) is 18.7 Å². The number of carbonyl (C=O) groups is 1. The molecule has 8 nitrogen and oxygen atoms in total. The average Bonchev–Trinajstić information content (AvgIpc) is 3.07. The second-order valence-electron chi connectivity index (χ2n) is 5.07. The van der Waals surface area contributed by atoms with Gasteiger partial charge in [-0.2, -0.15) is 0 Å². The third-order valence-corrected chi connectivity index (χ3v) is 3.54. The van der Waals surface area contributed by atoms with Crippen molar-refractivity contribution in [2.45, 2.75) is 18.9 Å². The van der Waals surface area contributed by atoms with Crippen LogP contribution in [0.1, 0.15) is 22.6 Å². The highest BCUT2D eigenvalue weighted by molar-refractivity contribution is 5.92. The minimum absolute atomic E-state index is 0.0781. The van der Waals surface area contributed by atoms with Crippen LogP contribution >= 0.6 is 0 Å². The third-order valence-electron chi connectivity index (χ3n) is 3.54. The van der Waals surface area contributed by atoms with Crippen LogP contribution in [-0.4, -0.2) is 51.7 Å². The summed E-state index contributed by atoms with van der Waals surface area (Å²) in [5.41, 5.74) is 0.849. The Hall–Kier alpha value is -2.48. The lowest BCUT2D eigenvalue weighted by molar-refractivity contribution is -0.0249. The quantitative estimate of drug-likeness (QED) is 0.867. The fourth-order valence-electron chi connectivity index (χ4n) is 2.42. The van der Waals surface area contributed by atoms with Crippen molar-refractivity contribution in [3.63, 3.8) is 0 Å². The average molecular weight is 304 g/mol. The molecule has 3 heterocycles. The molecule has 3 rings (SSSR count). The molecule has 2 aromatic rings. The number of ether oxygens (including phenoxy) is 1. The first kappa shape index (κ1) is 14.5. The van der Waals surface area contributed by atoms with Gasteiger partial charge in [0.25, 0.3) is 11.5 Å². The molecule has 1 aliphatic heterocycles. The Morgan fingerprint density at radius 3 is 3.18 bits per heavy atom. The van der Waals surface area contributed by atoms with Gasteiger partial charge in [0.1, 0.15) is 6.26 Å². The van der Waals surface area contributed by atoms with Crippen LogP contribution in [0.5, 0.6) is 0 Å². The van der Waals surface area contributed by atoms with E-state index in [2.05, 4.69) is 15.1 Å². The molecule has 0 aliphatic carbocycles. The van der Waals surface area contributed by atoms with Crippen molar-refractivity contribution < 1.29 is 14.1 Å². The van der Waals surface area contributed by atoms with E-state index in [0.29, 0.717) is 43.9 Å². The number of aromatic amines is 1. The fourth-order valence-corrected chi connectivity index (χ4v) is 2.42. The number of aryl methyl sites for hydroxylation is 1. The van der Waals surface area contributed by atoms with Gasteiger partial charge in [0.15, 0.2) is 5.69 Å². The first-order valence-electron chi connectivity index (χ1n) is 7.07. The zero-order valence-corrected chi connectivity index (χ0v) is 11.9. The van der Waals surface area contributed by atoms with E-state index in [1.54, 1.807) is 11.0 Å². The summed E-state index contributed by atoms with van der Waals surface area (Å²) in [5, 5.41) is 3.66. The lowest BCUT2D eigenvalue weighted by Gasteiger charge is -2.32. The van der Waals surface area contributed by atoms with Gasteiger partial charge < -0.3 is 19.1 Å². The number of nitrogens with one attached hydrogen (secondary N) is 1. The second kappa shape index (κ2) is 6.52. The summed E-state index contributed by atoms with van der Waals surface area (Å²) in [6, 6.07) is 3.02. The maximum atomic E-state index is 12.2. The van der Waals surface area contributed by atoms with Crippen LogP contribution in [0.15, 0.2) is 34.0 Å². The molecule has 1 saturated heterocycles. The number of aromatic nitrogens is 3. The molecule has 1 amide bonds. The number of H-pyrrole nitrogens is 1. The van der Waals surface area contributed by atoms with Gasteiger partial charge in [-0.15, -0.1) is 0 Å². The predicted octanol–water partition coefficient (Wildman–Crippen LogP) is 0.232. The molecular formula is C14H16N4O4. The Labute approximate surface area is 126 Å². The summed E-state index contributed by atoms with van der Waals surface area (Å²) in [7, 11) is 0. The van der Waals surface area contributed by atoms with Gasteiger partial charge in [0, 0.05) is 30.9 Å². The molecule has 0 spiro atoms. The summed E-state index contributed by atoms with van der Waals surface area (Å²) >= 11 is 0. The summed E-state index contributed by atoms with van der Waals surface area (Å²) in [5.74, 6) is -0.156. The number of amides is 1. The highest BCUT2D eigenvalue weighted by Crippen LogP contribution is 2.13. The molecule has 2 aromatic heterocycles. The van der Waals surface area contributed by atoms with Gasteiger partial charge in [-0.3, -0.25) is 9.59 Å². The topological polar surface area (TPSA) is 101 Å². The van der Waals surface area contributed by atoms with Crippen molar-refractivity contribution in [1.29, 1.82) is 0 Å². The number of nitrogens with zero attached hydrogens (tertiary/aromatic N) is 3. The van der Waals surface area contributed by atoms with E-state index in [4.69, 9.17) is 9.26 Å². The summed E-state index contributed by atoms with van der Waals surface area (Å²) < 4.78 is 10.4. The van der Waals surface area contributed by atoms with Crippen LogP contribution in [0.2, 0.25) is 0 Å². The first-order chi connectivity index (χ1) is 10.7. The highest BCUT2D eigenvalue weighted by Gasteiger charge is 2.26. The molecule has 22 heavy (non-hydrogen) atoms. The Bertz CT molecular complexity index is 682. The van der Waals surface area contributed by atoms with Crippen LogP contribution in [0.25, 0.3) is 0 Å². The molecule has 8 heteroatoms. The fraction of sp³-hybridized carbons (Fsp3) is 0.429. The predicted molar refractivity (Wildman–Crippen MR) is 75.3 cm³/mol. The van der Waals surface area contributed by atoms with Gasteiger partial charge >= 0.3 is 0 Å². The van der Waals surface area contributed by atoms with E-state index in [0.717, 1.165) is 0 Å². The number of hydrogen-bond acceptors (Lipinski definition) is 6. The van der Waals surface area contributed by atoms with Gasteiger partial charge in [0.05, 0.1) is 19.0 Å². The number of rotatable bonds is 4. The molecule has 0 saturated carbocycles. The van der Waals surface area contributed by atoms with Crippen LogP contribution in [0.3, 0.4) is 0 Å². The largest absolute Gasteiger partial charge is 0.375 e. The van der Waals surface area contributed by atoms with Crippen molar-refractivity contribution >= 4 is 5.91 Å². The maximum absolute atomic E-state index is 12.2. The summed E-state index contributed by atoms with van der Waals surface area (Å²) in [6.07, 6.45) is 4.01. The molecular weight excluding hydrogens is 288 g/mol. The summed E-state index contributed by atoms with van der Waals surface area (Å²) in [6.45, 7) is 1.51. The molecule has 0 unspecified atom stereocenters. The van der Waals surface area contributed by atoms with E-state index >= 15 is 0 Å². The Balaban J connectivity index is 1.56. The number of morpholine rings is 1. The van der Waals surface area contributed by atoms with E-state index in [1.807, 2.05) is 0 Å². The Morgan fingerprint density at radius 1 is 1.50 bits per heavy atom. The van der Waals surface area contributed by atoms with Crippen LogP contribution in [0, 0.1) is 0 Å². The lowest BCUT2D eigenvalue weighted by atomic mass is 10.1. The first-order valence-corrected chi connectivity index (χ1v) is 7.07. The van der Waals surface area contributed by atoms with Gasteiger partial charge in [-0.25, -0.2) is 4.98 Å². The van der Waals surface area contributed by atoms with Crippen LogP contribution in [-0.2, 0) is 11.2 Å². The maximum Gasteiger partial charge on any atom is 0.276 e. The number of hydrogen-bond donors (Lipinski definition) is 1. The molecule has 1 N–H and O–H groups in total. The molecule has 0 aromatic carbocycles. The van der Waals surface area contributed by atoms with Gasteiger partial charge in [0.2, 0.25) is 0 Å². The monoisotopic (exact) mass is 304 g/mol. The van der Waals surface area contributed by atoms with Crippen LogP contribution in [0.4, 0.5) is 0 Å². The van der Waals surface area contributed by atoms with Gasteiger partial charge in [-0.05, 0) is 12.8 Å². The SMILES string of the molecule is O=C(c1ccon1)N1CCO[C@@H](CCc2cc(=O)[nH]cn2)C1. The Morgan fingerprint density at radius 2 is 2.41 bits per heavy atom. The van der Waals surface area contributed by atoms with E-state index in [9.17, 15) is 9.59 Å². The third kappa shape index (κ3) is 3.40. The smallest absolute Gasteiger partial charge is 0.276 e. The minimum Gasteiger partial charge on any atom is -0.375 e. The molecule has 1 fully saturated rings. The van der Waals surface area contributed by atoms with Crippen molar-refractivity contribution in [3.8, 4) is 0 Å². The van der Waals surface area contributed by atoms with Crippen molar-refractivity contribution in [2.24, 2.45) is 0 Å². The van der Waals surface area contributed by atoms with Crippen molar-refractivity contribution in [2.75, 3.05) is 19.7 Å². The van der Waals surface area contributed by atoms with E-state index < -0.39 is 0 Å². The lowest BCUT2D eigenvalue weighted by Crippen LogP contribution is -2.45.